The predicted octanol–water partition coefficient (Wildman–Crippen LogP) is 3.61. The molecule has 0 aliphatic heterocycles. The highest BCUT2D eigenvalue weighted by Gasteiger charge is 2.30. The van der Waals surface area contributed by atoms with Crippen LogP contribution >= 0.6 is 11.6 Å². The lowest BCUT2D eigenvalue weighted by Crippen LogP contribution is -2.06. The Hall–Kier alpha value is -1.42. The van der Waals surface area contributed by atoms with E-state index in [-0.39, 0.29) is 5.82 Å². The summed E-state index contributed by atoms with van der Waals surface area (Å²) in [7, 11) is 0. The van der Waals surface area contributed by atoms with E-state index < -0.39 is 0 Å². The summed E-state index contributed by atoms with van der Waals surface area (Å²) < 4.78 is 15.6. The van der Waals surface area contributed by atoms with Crippen LogP contribution < -0.4 is 0 Å². The van der Waals surface area contributed by atoms with E-state index in [1.807, 2.05) is 16.7 Å². The Bertz CT molecular complexity index is 609. The maximum atomic E-state index is 13.6. The van der Waals surface area contributed by atoms with E-state index in [4.69, 9.17) is 11.6 Å². The third-order valence-corrected chi connectivity index (χ3v) is 3.79. The average Bonchev–Trinajstić information content (AvgIpc) is 3.14. The second kappa shape index (κ2) is 4.60. The standard InChI is InChI=1S/C14H15ClFN3/c1-8-5-10(6-9(2)12(8)16)7-19-13(11-3-4-11)17-18-14(19)15/h5-6,11H,3-4,7H2,1-2H3. The Balaban J connectivity index is 1.95. The van der Waals surface area contributed by atoms with Gasteiger partial charge in [0.15, 0.2) is 0 Å². The Labute approximate surface area is 116 Å². The minimum absolute atomic E-state index is 0.138. The normalized spacial score (nSPS) is 14.9. The highest BCUT2D eigenvalue weighted by molar-refractivity contribution is 6.28. The summed E-state index contributed by atoms with van der Waals surface area (Å²) >= 11 is 6.09. The van der Waals surface area contributed by atoms with Crippen LogP contribution in [0.3, 0.4) is 0 Å². The lowest BCUT2D eigenvalue weighted by molar-refractivity contribution is 0.607. The molecule has 0 spiro atoms. The molecule has 0 radical (unpaired) electrons. The van der Waals surface area contributed by atoms with Gasteiger partial charge in [0.2, 0.25) is 5.28 Å². The second-order valence-electron chi connectivity index (χ2n) is 5.23. The van der Waals surface area contributed by atoms with Crippen LogP contribution in [0.1, 0.15) is 41.3 Å². The molecule has 0 atom stereocenters. The van der Waals surface area contributed by atoms with Crippen molar-refractivity contribution < 1.29 is 4.39 Å². The van der Waals surface area contributed by atoms with Gasteiger partial charge in [0.1, 0.15) is 11.6 Å². The molecule has 1 aromatic carbocycles. The van der Waals surface area contributed by atoms with Crippen LogP contribution in [-0.4, -0.2) is 14.8 Å². The molecule has 0 amide bonds. The Morgan fingerprint density at radius 3 is 2.47 bits per heavy atom. The van der Waals surface area contributed by atoms with Crippen LogP contribution in [-0.2, 0) is 6.54 Å². The molecule has 0 saturated heterocycles. The van der Waals surface area contributed by atoms with Gasteiger partial charge in [0.25, 0.3) is 0 Å². The van der Waals surface area contributed by atoms with E-state index in [2.05, 4.69) is 10.2 Å². The van der Waals surface area contributed by atoms with Crippen molar-refractivity contribution in [2.75, 3.05) is 0 Å². The summed E-state index contributed by atoms with van der Waals surface area (Å²) in [6, 6.07) is 3.71. The van der Waals surface area contributed by atoms with E-state index in [1.54, 1.807) is 13.8 Å². The number of hydrogen-bond acceptors (Lipinski definition) is 2. The molecule has 1 aliphatic rings. The van der Waals surface area contributed by atoms with Gasteiger partial charge in [-0.25, -0.2) is 4.39 Å². The number of aryl methyl sites for hydroxylation is 2. The summed E-state index contributed by atoms with van der Waals surface area (Å²) in [4.78, 5) is 0. The number of halogens is 2. The molecule has 0 N–H and O–H groups in total. The van der Waals surface area contributed by atoms with Crippen LogP contribution in [0.4, 0.5) is 4.39 Å². The first kappa shape index (κ1) is 12.6. The molecule has 19 heavy (non-hydrogen) atoms. The summed E-state index contributed by atoms with van der Waals surface area (Å²) in [6.45, 7) is 4.16. The quantitative estimate of drug-likeness (QED) is 0.859. The van der Waals surface area contributed by atoms with E-state index in [0.29, 0.717) is 28.9 Å². The Morgan fingerprint density at radius 1 is 1.26 bits per heavy atom. The number of hydrogen-bond donors (Lipinski definition) is 0. The average molecular weight is 280 g/mol. The zero-order valence-corrected chi connectivity index (χ0v) is 11.7. The fourth-order valence-electron chi connectivity index (χ4n) is 2.39. The summed E-state index contributed by atoms with van der Waals surface area (Å²) in [6.07, 6.45) is 2.30. The van der Waals surface area contributed by atoms with E-state index in [1.165, 1.54) is 0 Å². The molecule has 0 unspecified atom stereocenters. The maximum Gasteiger partial charge on any atom is 0.225 e. The molecule has 5 heteroatoms. The summed E-state index contributed by atoms with van der Waals surface area (Å²) in [5.41, 5.74) is 2.35. The smallest absolute Gasteiger partial charge is 0.225 e. The molecule has 1 aromatic heterocycles. The first-order valence-corrected chi connectivity index (χ1v) is 6.78. The topological polar surface area (TPSA) is 30.7 Å². The third kappa shape index (κ3) is 2.37. The minimum atomic E-state index is -0.138. The zero-order chi connectivity index (χ0) is 13.6. The van der Waals surface area contributed by atoms with Crippen molar-refractivity contribution in [2.45, 2.75) is 39.2 Å². The molecule has 3 nitrogen and oxygen atoms in total. The van der Waals surface area contributed by atoms with E-state index >= 15 is 0 Å². The SMILES string of the molecule is Cc1cc(Cn2c(Cl)nnc2C2CC2)cc(C)c1F. The molecule has 1 fully saturated rings. The highest BCUT2D eigenvalue weighted by atomic mass is 35.5. The van der Waals surface area contributed by atoms with Crippen LogP contribution in [0.5, 0.6) is 0 Å². The highest BCUT2D eigenvalue weighted by Crippen LogP contribution is 2.39. The molecular formula is C14H15ClFN3. The van der Waals surface area contributed by atoms with Crippen molar-refractivity contribution in [1.82, 2.24) is 14.8 Å². The monoisotopic (exact) mass is 279 g/mol. The first-order valence-electron chi connectivity index (χ1n) is 6.40. The van der Waals surface area contributed by atoms with Crippen LogP contribution in [0.25, 0.3) is 0 Å². The molecule has 1 aliphatic carbocycles. The molecule has 1 heterocycles. The lowest BCUT2D eigenvalue weighted by atomic mass is 10.1. The number of rotatable bonds is 3. The second-order valence-corrected chi connectivity index (χ2v) is 5.57. The lowest BCUT2D eigenvalue weighted by Gasteiger charge is -2.10. The molecular weight excluding hydrogens is 265 g/mol. The van der Waals surface area contributed by atoms with Crippen LogP contribution in [0, 0.1) is 19.7 Å². The van der Waals surface area contributed by atoms with Gasteiger partial charge in [0.05, 0.1) is 6.54 Å². The molecule has 3 rings (SSSR count). The summed E-state index contributed by atoms with van der Waals surface area (Å²) in [5, 5.41) is 8.49. The third-order valence-electron chi connectivity index (χ3n) is 3.51. The van der Waals surface area contributed by atoms with Crippen molar-refractivity contribution in [1.29, 1.82) is 0 Å². The van der Waals surface area contributed by atoms with Gasteiger partial charge in [-0.05, 0) is 55.0 Å². The summed E-state index contributed by atoms with van der Waals surface area (Å²) in [5.74, 6) is 1.30. The minimum Gasteiger partial charge on any atom is -0.297 e. The van der Waals surface area contributed by atoms with Gasteiger partial charge in [-0.2, -0.15) is 0 Å². The van der Waals surface area contributed by atoms with Crippen molar-refractivity contribution in [3.8, 4) is 0 Å². The Kier molecular flexibility index (Phi) is 3.05. The van der Waals surface area contributed by atoms with Gasteiger partial charge < -0.3 is 0 Å². The van der Waals surface area contributed by atoms with Gasteiger partial charge in [-0.3, -0.25) is 4.57 Å². The van der Waals surface area contributed by atoms with Crippen LogP contribution in [0.15, 0.2) is 12.1 Å². The van der Waals surface area contributed by atoms with Gasteiger partial charge in [-0.15, -0.1) is 10.2 Å². The largest absolute Gasteiger partial charge is 0.297 e. The number of aromatic nitrogens is 3. The van der Waals surface area contributed by atoms with Crippen molar-refractivity contribution in [3.05, 3.63) is 45.7 Å². The van der Waals surface area contributed by atoms with E-state index in [0.717, 1.165) is 24.2 Å². The van der Waals surface area contributed by atoms with Gasteiger partial charge >= 0.3 is 0 Å². The van der Waals surface area contributed by atoms with Crippen molar-refractivity contribution in [2.24, 2.45) is 0 Å². The molecule has 0 bridgehead atoms. The predicted molar refractivity (Wildman–Crippen MR) is 72.0 cm³/mol. The van der Waals surface area contributed by atoms with Gasteiger partial charge in [-0.1, -0.05) is 12.1 Å². The number of benzene rings is 1. The number of nitrogens with zero attached hydrogens (tertiary/aromatic N) is 3. The maximum absolute atomic E-state index is 13.6. The zero-order valence-electron chi connectivity index (χ0n) is 11.0. The fraction of sp³-hybridized carbons (Fsp3) is 0.429. The van der Waals surface area contributed by atoms with Gasteiger partial charge in [0, 0.05) is 5.92 Å². The molecule has 100 valence electrons. The fourth-order valence-corrected chi connectivity index (χ4v) is 2.58. The van der Waals surface area contributed by atoms with E-state index in [9.17, 15) is 4.39 Å². The van der Waals surface area contributed by atoms with Crippen molar-refractivity contribution >= 4 is 11.6 Å². The first-order chi connectivity index (χ1) is 9.06. The Morgan fingerprint density at radius 2 is 1.89 bits per heavy atom. The molecule has 1 saturated carbocycles. The molecule has 2 aromatic rings. The van der Waals surface area contributed by atoms with Crippen LogP contribution in [0.2, 0.25) is 5.28 Å². The van der Waals surface area contributed by atoms with Crippen molar-refractivity contribution in [3.63, 3.8) is 0 Å².